The third-order valence-electron chi connectivity index (χ3n) is 4.80. The van der Waals surface area contributed by atoms with Crippen LogP contribution in [0.2, 0.25) is 0 Å². The van der Waals surface area contributed by atoms with Crippen molar-refractivity contribution < 1.29 is 0 Å². The second-order valence-corrected chi connectivity index (χ2v) is 5.96. The highest BCUT2D eigenvalue weighted by Crippen LogP contribution is 2.36. The van der Waals surface area contributed by atoms with Gasteiger partial charge in [-0.05, 0) is 58.1 Å². The first-order valence-electron chi connectivity index (χ1n) is 7.42. The van der Waals surface area contributed by atoms with Crippen LogP contribution >= 0.6 is 0 Å². The number of pyridine rings is 1. The minimum atomic E-state index is 0.302. The highest BCUT2D eigenvalue weighted by atomic mass is 15.2. The minimum absolute atomic E-state index is 0.302. The van der Waals surface area contributed by atoms with Gasteiger partial charge in [-0.2, -0.15) is 0 Å². The molecule has 1 aliphatic rings. The molecule has 0 spiro atoms. The molecule has 106 valence electrons. The van der Waals surface area contributed by atoms with E-state index < -0.39 is 0 Å². The Morgan fingerprint density at radius 2 is 1.84 bits per heavy atom. The molecule has 0 bridgehead atoms. The molecule has 1 aliphatic carbocycles. The van der Waals surface area contributed by atoms with Gasteiger partial charge in [0.1, 0.15) is 0 Å². The lowest BCUT2D eigenvalue weighted by molar-refractivity contribution is 0.0598. The maximum Gasteiger partial charge on any atom is 0.0359 e. The molecule has 1 aromatic rings. The Hall–Kier alpha value is -0.930. The van der Waals surface area contributed by atoms with Gasteiger partial charge in [-0.15, -0.1) is 0 Å². The Balaban J connectivity index is 2.17. The first kappa shape index (κ1) is 14.5. The molecule has 0 amide bonds. The maximum atomic E-state index is 4.11. The van der Waals surface area contributed by atoms with Gasteiger partial charge in [-0.3, -0.25) is 4.98 Å². The average Bonchev–Trinajstić information content (AvgIpc) is 2.46. The first-order valence-corrected chi connectivity index (χ1v) is 7.42. The van der Waals surface area contributed by atoms with Crippen LogP contribution in [0.5, 0.6) is 0 Å². The summed E-state index contributed by atoms with van der Waals surface area (Å²) in [5.41, 5.74) is 1.68. The predicted molar refractivity (Wildman–Crippen MR) is 80.3 cm³/mol. The van der Waals surface area contributed by atoms with E-state index in [1.165, 1.54) is 37.7 Å². The first-order chi connectivity index (χ1) is 9.19. The van der Waals surface area contributed by atoms with Gasteiger partial charge in [-0.25, -0.2) is 0 Å². The summed E-state index contributed by atoms with van der Waals surface area (Å²) in [6.07, 6.45) is 11.6. The van der Waals surface area contributed by atoms with E-state index in [0.29, 0.717) is 11.6 Å². The quantitative estimate of drug-likeness (QED) is 0.882. The van der Waals surface area contributed by atoms with Crippen molar-refractivity contribution in [2.24, 2.45) is 0 Å². The van der Waals surface area contributed by atoms with Crippen LogP contribution in [0, 0.1) is 0 Å². The SMILES string of the molecule is CNC(Cc1ccncc1)C1(N(C)C)CCCCC1. The Bertz CT molecular complexity index is 369. The highest BCUT2D eigenvalue weighted by molar-refractivity contribution is 5.15. The van der Waals surface area contributed by atoms with E-state index in [-0.39, 0.29) is 0 Å². The van der Waals surface area contributed by atoms with Crippen molar-refractivity contribution in [2.45, 2.75) is 50.1 Å². The topological polar surface area (TPSA) is 28.2 Å². The number of aromatic nitrogens is 1. The van der Waals surface area contributed by atoms with Crippen LogP contribution in [0.3, 0.4) is 0 Å². The summed E-state index contributed by atoms with van der Waals surface area (Å²) in [5, 5.41) is 3.58. The third kappa shape index (κ3) is 3.15. The lowest BCUT2D eigenvalue weighted by Gasteiger charge is -2.48. The number of hydrogen-bond acceptors (Lipinski definition) is 3. The van der Waals surface area contributed by atoms with E-state index >= 15 is 0 Å². The zero-order chi connectivity index (χ0) is 13.7. The Kier molecular flexibility index (Phi) is 4.94. The van der Waals surface area contributed by atoms with Crippen molar-refractivity contribution in [3.8, 4) is 0 Å². The van der Waals surface area contributed by atoms with Gasteiger partial charge in [0.05, 0.1) is 0 Å². The second kappa shape index (κ2) is 6.49. The van der Waals surface area contributed by atoms with Crippen LogP contribution in [0.25, 0.3) is 0 Å². The normalized spacial score (nSPS) is 20.4. The van der Waals surface area contributed by atoms with Crippen molar-refractivity contribution >= 4 is 0 Å². The molecule has 19 heavy (non-hydrogen) atoms. The van der Waals surface area contributed by atoms with Crippen LogP contribution < -0.4 is 5.32 Å². The zero-order valence-corrected chi connectivity index (χ0v) is 12.5. The fraction of sp³-hybridized carbons (Fsp3) is 0.688. The van der Waals surface area contributed by atoms with Gasteiger partial charge in [0.25, 0.3) is 0 Å². The highest BCUT2D eigenvalue weighted by Gasteiger charge is 2.40. The van der Waals surface area contributed by atoms with Gasteiger partial charge in [0, 0.05) is 24.0 Å². The predicted octanol–water partition coefficient (Wildman–Crippen LogP) is 2.48. The molecule has 0 aromatic carbocycles. The smallest absolute Gasteiger partial charge is 0.0359 e. The molecule has 2 rings (SSSR count). The van der Waals surface area contributed by atoms with Crippen LogP contribution in [0.15, 0.2) is 24.5 Å². The lowest BCUT2D eigenvalue weighted by Crippen LogP contribution is -2.60. The van der Waals surface area contributed by atoms with Crippen molar-refractivity contribution in [3.63, 3.8) is 0 Å². The Morgan fingerprint density at radius 3 is 2.37 bits per heavy atom. The average molecular weight is 261 g/mol. The molecule has 0 radical (unpaired) electrons. The van der Waals surface area contributed by atoms with E-state index in [2.05, 4.69) is 48.5 Å². The monoisotopic (exact) mass is 261 g/mol. The van der Waals surface area contributed by atoms with Crippen molar-refractivity contribution in [3.05, 3.63) is 30.1 Å². The van der Waals surface area contributed by atoms with Gasteiger partial charge in [-0.1, -0.05) is 19.3 Å². The Labute approximate surface area is 117 Å². The van der Waals surface area contributed by atoms with Gasteiger partial charge >= 0.3 is 0 Å². The molecular formula is C16H27N3. The molecule has 1 saturated carbocycles. The Morgan fingerprint density at radius 1 is 1.21 bits per heavy atom. The van der Waals surface area contributed by atoms with Crippen LogP contribution in [0.4, 0.5) is 0 Å². The summed E-state index contributed by atoms with van der Waals surface area (Å²) in [5.74, 6) is 0. The molecule has 1 aromatic heterocycles. The maximum absolute atomic E-state index is 4.11. The lowest BCUT2D eigenvalue weighted by atomic mass is 9.73. The van der Waals surface area contributed by atoms with Gasteiger partial charge in [0.2, 0.25) is 0 Å². The zero-order valence-electron chi connectivity index (χ0n) is 12.5. The summed E-state index contributed by atoms with van der Waals surface area (Å²) in [4.78, 5) is 6.57. The molecule has 0 aliphatic heterocycles. The van der Waals surface area contributed by atoms with E-state index in [1.807, 2.05) is 12.4 Å². The minimum Gasteiger partial charge on any atom is -0.315 e. The van der Waals surface area contributed by atoms with E-state index in [1.54, 1.807) is 0 Å². The second-order valence-electron chi connectivity index (χ2n) is 5.96. The summed E-state index contributed by atoms with van der Waals surface area (Å²) in [7, 11) is 6.58. The summed E-state index contributed by atoms with van der Waals surface area (Å²) in [6.45, 7) is 0. The third-order valence-corrected chi connectivity index (χ3v) is 4.80. The van der Waals surface area contributed by atoms with Crippen LogP contribution in [-0.4, -0.2) is 42.6 Å². The van der Waals surface area contributed by atoms with E-state index in [0.717, 1.165) is 6.42 Å². The van der Waals surface area contributed by atoms with Crippen LogP contribution in [-0.2, 0) is 6.42 Å². The standard InChI is InChI=1S/C16H27N3/c1-17-15(13-14-7-11-18-12-8-14)16(19(2)3)9-5-4-6-10-16/h7-8,11-12,15,17H,4-6,9-10,13H2,1-3H3. The van der Waals surface area contributed by atoms with Crippen LogP contribution in [0.1, 0.15) is 37.7 Å². The fourth-order valence-electron chi connectivity index (χ4n) is 3.59. The molecule has 3 heteroatoms. The number of likely N-dealkylation sites (N-methyl/N-ethyl adjacent to an activating group) is 2. The largest absolute Gasteiger partial charge is 0.315 e. The number of rotatable bonds is 5. The summed E-state index contributed by atoms with van der Waals surface area (Å²) < 4.78 is 0. The number of nitrogens with one attached hydrogen (secondary N) is 1. The molecule has 1 fully saturated rings. The number of nitrogens with zero attached hydrogens (tertiary/aromatic N) is 2. The molecular weight excluding hydrogens is 234 g/mol. The van der Waals surface area contributed by atoms with Gasteiger partial charge < -0.3 is 10.2 Å². The molecule has 1 N–H and O–H groups in total. The molecule has 1 unspecified atom stereocenters. The summed E-state index contributed by atoms with van der Waals surface area (Å²) in [6, 6.07) is 4.78. The molecule has 0 saturated heterocycles. The van der Waals surface area contributed by atoms with E-state index in [4.69, 9.17) is 0 Å². The molecule has 3 nitrogen and oxygen atoms in total. The molecule has 1 heterocycles. The fourth-order valence-corrected chi connectivity index (χ4v) is 3.59. The summed E-state index contributed by atoms with van der Waals surface area (Å²) >= 11 is 0. The van der Waals surface area contributed by atoms with Crippen molar-refractivity contribution in [1.82, 2.24) is 15.2 Å². The van der Waals surface area contributed by atoms with Crippen molar-refractivity contribution in [1.29, 1.82) is 0 Å². The van der Waals surface area contributed by atoms with E-state index in [9.17, 15) is 0 Å². The molecule has 1 atom stereocenters. The van der Waals surface area contributed by atoms with Gasteiger partial charge in [0.15, 0.2) is 0 Å². The number of hydrogen-bond donors (Lipinski definition) is 1. The van der Waals surface area contributed by atoms with Crippen molar-refractivity contribution in [2.75, 3.05) is 21.1 Å².